The van der Waals surface area contributed by atoms with Crippen molar-refractivity contribution in [2.75, 3.05) is 10.6 Å². The number of nitro benzene ring substituents is 1. The van der Waals surface area contributed by atoms with Crippen molar-refractivity contribution < 1.29 is 14.5 Å². The van der Waals surface area contributed by atoms with Gasteiger partial charge in [0.15, 0.2) is 0 Å². The zero-order chi connectivity index (χ0) is 17.5. The van der Waals surface area contributed by atoms with Crippen molar-refractivity contribution in [3.05, 3.63) is 70.3 Å². The molecule has 0 aliphatic rings. The Morgan fingerprint density at radius 3 is 2.00 bits per heavy atom. The monoisotopic (exact) mass is 326 g/mol. The molecule has 8 heteroatoms. The van der Waals surface area contributed by atoms with E-state index in [0.29, 0.717) is 16.9 Å². The van der Waals surface area contributed by atoms with Crippen LogP contribution in [-0.4, -0.2) is 16.9 Å². The third kappa shape index (κ3) is 4.95. The second kappa shape index (κ2) is 7.54. The van der Waals surface area contributed by atoms with Crippen LogP contribution >= 0.6 is 0 Å². The van der Waals surface area contributed by atoms with Gasteiger partial charge in [-0.3, -0.25) is 14.9 Å². The first kappa shape index (κ1) is 16.7. The number of non-ortho nitro benzene ring substituents is 1. The number of rotatable bonds is 5. The van der Waals surface area contributed by atoms with Crippen LogP contribution in [0.2, 0.25) is 0 Å². The standard InChI is InChI=1S/C16H14N4O4/c17-16(22)19-13-6-4-12(5-7-13)18-15(21)10-3-11-1-8-14(9-2-11)20(23)24/h1-10H,(H,18,21)(H3,17,19,22)/b10-3+. The Morgan fingerprint density at radius 2 is 1.50 bits per heavy atom. The molecular formula is C16H14N4O4. The van der Waals surface area contributed by atoms with Crippen LogP contribution in [0.3, 0.4) is 0 Å². The molecule has 3 amide bonds. The van der Waals surface area contributed by atoms with Gasteiger partial charge >= 0.3 is 6.03 Å². The Labute approximate surface area is 137 Å². The summed E-state index contributed by atoms with van der Waals surface area (Å²) in [6, 6.07) is 11.6. The molecule has 0 aliphatic carbocycles. The van der Waals surface area contributed by atoms with E-state index in [0.717, 1.165) is 0 Å². The molecule has 8 nitrogen and oxygen atoms in total. The quantitative estimate of drug-likeness (QED) is 0.443. The molecule has 0 saturated heterocycles. The van der Waals surface area contributed by atoms with E-state index in [2.05, 4.69) is 10.6 Å². The van der Waals surface area contributed by atoms with E-state index in [9.17, 15) is 19.7 Å². The average Bonchev–Trinajstić information content (AvgIpc) is 2.54. The van der Waals surface area contributed by atoms with Gasteiger partial charge in [0.05, 0.1) is 4.92 Å². The van der Waals surface area contributed by atoms with Crippen LogP contribution in [0.1, 0.15) is 5.56 Å². The molecule has 0 unspecified atom stereocenters. The van der Waals surface area contributed by atoms with E-state index in [1.54, 1.807) is 42.5 Å². The smallest absolute Gasteiger partial charge is 0.316 e. The number of nitrogens with two attached hydrogens (primary N) is 1. The Balaban J connectivity index is 1.94. The molecule has 0 aromatic heterocycles. The lowest BCUT2D eigenvalue weighted by atomic mass is 10.2. The van der Waals surface area contributed by atoms with E-state index in [1.807, 2.05) is 0 Å². The van der Waals surface area contributed by atoms with E-state index < -0.39 is 11.0 Å². The highest BCUT2D eigenvalue weighted by Crippen LogP contribution is 2.14. The molecule has 0 spiro atoms. The molecule has 0 fully saturated rings. The molecular weight excluding hydrogens is 312 g/mol. The SMILES string of the molecule is NC(=O)Nc1ccc(NC(=O)/C=C/c2ccc([N+](=O)[O-])cc2)cc1. The van der Waals surface area contributed by atoms with Crippen molar-refractivity contribution >= 4 is 35.1 Å². The molecule has 0 bridgehead atoms. The zero-order valence-electron chi connectivity index (χ0n) is 12.4. The first-order valence-corrected chi connectivity index (χ1v) is 6.84. The second-order valence-electron chi connectivity index (χ2n) is 4.74. The van der Waals surface area contributed by atoms with Crippen LogP contribution in [0, 0.1) is 10.1 Å². The molecule has 0 aliphatic heterocycles. The lowest BCUT2D eigenvalue weighted by Gasteiger charge is -2.04. The highest BCUT2D eigenvalue weighted by atomic mass is 16.6. The van der Waals surface area contributed by atoms with Crippen molar-refractivity contribution in [3.8, 4) is 0 Å². The normalized spacial score (nSPS) is 10.3. The molecule has 2 aromatic rings. The molecule has 0 heterocycles. The first-order valence-electron chi connectivity index (χ1n) is 6.84. The fourth-order valence-electron chi connectivity index (χ4n) is 1.84. The van der Waals surface area contributed by atoms with Gasteiger partial charge in [0.2, 0.25) is 5.91 Å². The third-order valence-corrected chi connectivity index (χ3v) is 2.95. The fraction of sp³-hybridized carbons (Fsp3) is 0. The summed E-state index contributed by atoms with van der Waals surface area (Å²) in [7, 11) is 0. The molecule has 24 heavy (non-hydrogen) atoms. The Morgan fingerprint density at radius 1 is 0.958 bits per heavy atom. The number of benzene rings is 2. The van der Waals surface area contributed by atoms with Gasteiger partial charge in [-0.2, -0.15) is 0 Å². The van der Waals surface area contributed by atoms with Crippen molar-refractivity contribution in [2.24, 2.45) is 5.73 Å². The number of primary amides is 1. The number of hydrogen-bond donors (Lipinski definition) is 3. The molecule has 0 saturated carbocycles. The van der Waals surface area contributed by atoms with Crippen molar-refractivity contribution in [1.29, 1.82) is 0 Å². The van der Waals surface area contributed by atoms with Crippen molar-refractivity contribution in [2.45, 2.75) is 0 Å². The van der Waals surface area contributed by atoms with Crippen LogP contribution in [0.5, 0.6) is 0 Å². The number of urea groups is 1. The van der Waals surface area contributed by atoms with Crippen LogP contribution in [0.15, 0.2) is 54.6 Å². The summed E-state index contributed by atoms with van der Waals surface area (Å²) >= 11 is 0. The largest absolute Gasteiger partial charge is 0.351 e. The number of carbonyl (C=O) groups excluding carboxylic acids is 2. The molecule has 0 atom stereocenters. The van der Waals surface area contributed by atoms with Gasteiger partial charge in [-0.15, -0.1) is 0 Å². The topological polar surface area (TPSA) is 127 Å². The number of carbonyl (C=O) groups is 2. The van der Waals surface area contributed by atoms with Crippen molar-refractivity contribution in [1.82, 2.24) is 0 Å². The highest BCUT2D eigenvalue weighted by Gasteiger charge is 2.03. The molecule has 4 N–H and O–H groups in total. The number of hydrogen-bond acceptors (Lipinski definition) is 4. The van der Waals surface area contributed by atoms with Crippen LogP contribution in [0.25, 0.3) is 6.08 Å². The predicted octanol–water partition coefficient (Wildman–Crippen LogP) is 2.74. The maximum absolute atomic E-state index is 11.8. The number of anilines is 2. The summed E-state index contributed by atoms with van der Waals surface area (Å²) in [4.78, 5) is 32.6. The number of nitrogens with zero attached hydrogens (tertiary/aromatic N) is 1. The minimum Gasteiger partial charge on any atom is -0.351 e. The molecule has 2 rings (SSSR count). The summed E-state index contributed by atoms with van der Waals surface area (Å²) in [5, 5.41) is 15.6. The van der Waals surface area contributed by atoms with Gasteiger partial charge in [0.1, 0.15) is 0 Å². The zero-order valence-corrected chi connectivity index (χ0v) is 12.4. The summed E-state index contributed by atoms with van der Waals surface area (Å²) in [6.45, 7) is 0. The maximum atomic E-state index is 11.8. The predicted molar refractivity (Wildman–Crippen MR) is 90.4 cm³/mol. The molecule has 0 radical (unpaired) electrons. The summed E-state index contributed by atoms with van der Waals surface area (Å²) in [5.41, 5.74) is 6.71. The molecule has 2 aromatic carbocycles. The molecule has 122 valence electrons. The summed E-state index contributed by atoms with van der Waals surface area (Å²) in [5.74, 6) is -0.357. The third-order valence-electron chi connectivity index (χ3n) is 2.95. The minimum atomic E-state index is -0.669. The lowest BCUT2D eigenvalue weighted by Crippen LogP contribution is -2.19. The van der Waals surface area contributed by atoms with E-state index in [4.69, 9.17) is 5.73 Å². The Bertz CT molecular complexity index is 783. The maximum Gasteiger partial charge on any atom is 0.316 e. The Hall–Kier alpha value is -3.68. The number of nitrogens with one attached hydrogen (secondary N) is 2. The van der Waals surface area contributed by atoms with Gasteiger partial charge in [0, 0.05) is 29.6 Å². The Kier molecular flexibility index (Phi) is 5.24. The average molecular weight is 326 g/mol. The van der Waals surface area contributed by atoms with Gasteiger partial charge < -0.3 is 16.4 Å². The van der Waals surface area contributed by atoms with Gasteiger partial charge in [-0.25, -0.2) is 4.79 Å². The number of amides is 3. The second-order valence-corrected chi connectivity index (χ2v) is 4.74. The van der Waals surface area contributed by atoms with E-state index in [1.165, 1.54) is 18.2 Å². The van der Waals surface area contributed by atoms with E-state index >= 15 is 0 Å². The number of nitro groups is 1. The van der Waals surface area contributed by atoms with Crippen LogP contribution in [0.4, 0.5) is 21.9 Å². The summed E-state index contributed by atoms with van der Waals surface area (Å²) < 4.78 is 0. The van der Waals surface area contributed by atoms with Crippen LogP contribution in [-0.2, 0) is 4.79 Å². The summed E-state index contributed by atoms with van der Waals surface area (Å²) in [6.07, 6.45) is 2.86. The lowest BCUT2D eigenvalue weighted by molar-refractivity contribution is -0.384. The van der Waals surface area contributed by atoms with Gasteiger partial charge in [0.25, 0.3) is 5.69 Å². The van der Waals surface area contributed by atoms with Crippen LogP contribution < -0.4 is 16.4 Å². The first-order chi connectivity index (χ1) is 11.4. The van der Waals surface area contributed by atoms with E-state index in [-0.39, 0.29) is 11.6 Å². The van der Waals surface area contributed by atoms with Gasteiger partial charge in [-0.05, 0) is 48.0 Å². The van der Waals surface area contributed by atoms with Gasteiger partial charge in [-0.1, -0.05) is 0 Å². The highest BCUT2D eigenvalue weighted by molar-refractivity contribution is 6.02. The minimum absolute atomic E-state index is 0.0127. The van der Waals surface area contributed by atoms with Crippen molar-refractivity contribution in [3.63, 3.8) is 0 Å². The fourth-order valence-corrected chi connectivity index (χ4v) is 1.84.